The van der Waals surface area contributed by atoms with Crippen molar-refractivity contribution in [3.05, 3.63) is 0 Å². The average molecular weight is 225 g/mol. The first-order valence-electron chi connectivity index (χ1n) is 5.53. The fourth-order valence-electron chi connectivity index (χ4n) is 2.28. The van der Waals surface area contributed by atoms with Gasteiger partial charge in [0.05, 0.1) is 0 Å². The minimum atomic E-state index is -0.650. The van der Waals surface area contributed by atoms with Gasteiger partial charge >= 0.3 is 0 Å². The monoisotopic (exact) mass is 225 g/mol. The summed E-state index contributed by atoms with van der Waals surface area (Å²) in [6.07, 6.45) is 2.49. The van der Waals surface area contributed by atoms with Crippen molar-refractivity contribution in [3.8, 4) is 0 Å². The second-order valence-corrected chi connectivity index (χ2v) is 4.17. The van der Waals surface area contributed by atoms with Crippen LogP contribution in [0.25, 0.3) is 0 Å². The van der Waals surface area contributed by atoms with Crippen LogP contribution in [0.3, 0.4) is 0 Å². The fourth-order valence-corrected chi connectivity index (χ4v) is 2.28. The lowest BCUT2D eigenvalue weighted by Gasteiger charge is -2.41. The molecule has 2 rings (SSSR count). The molecule has 16 heavy (non-hydrogen) atoms. The number of hydrogen-bond donors (Lipinski definition) is 1. The van der Waals surface area contributed by atoms with E-state index in [1.54, 1.807) is 0 Å². The van der Waals surface area contributed by atoms with Gasteiger partial charge < -0.3 is 5.73 Å². The molecule has 0 bridgehead atoms. The maximum absolute atomic E-state index is 11.8. The van der Waals surface area contributed by atoms with Gasteiger partial charge in [0.15, 0.2) is 0 Å². The summed E-state index contributed by atoms with van der Waals surface area (Å²) in [4.78, 5) is 34.8. The maximum atomic E-state index is 11.8. The normalized spacial score (nSPS) is 26.4. The van der Waals surface area contributed by atoms with E-state index in [4.69, 9.17) is 5.73 Å². The van der Waals surface area contributed by atoms with E-state index in [0.29, 0.717) is 38.6 Å². The van der Waals surface area contributed by atoms with Crippen molar-refractivity contribution in [1.82, 2.24) is 10.0 Å². The van der Waals surface area contributed by atoms with Gasteiger partial charge in [0.25, 0.3) is 0 Å². The number of amides is 3. The highest BCUT2D eigenvalue weighted by molar-refractivity contribution is 5.90. The van der Waals surface area contributed by atoms with Crippen LogP contribution in [0.1, 0.15) is 32.1 Å². The third kappa shape index (κ3) is 1.75. The molecule has 2 N–H and O–H groups in total. The van der Waals surface area contributed by atoms with E-state index in [9.17, 15) is 14.4 Å². The molecule has 2 aliphatic heterocycles. The Kier molecular flexibility index (Phi) is 2.80. The SMILES string of the molecule is NC(=O)[C@@H]1CCCN2C(=O)CCCC(=O)N12. The van der Waals surface area contributed by atoms with E-state index in [2.05, 4.69) is 0 Å². The van der Waals surface area contributed by atoms with E-state index in [1.165, 1.54) is 10.0 Å². The molecule has 6 nitrogen and oxygen atoms in total. The second-order valence-electron chi connectivity index (χ2n) is 4.17. The minimum absolute atomic E-state index is 0.0863. The first kappa shape index (κ1) is 10.9. The molecule has 2 heterocycles. The Morgan fingerprint density at radius 3 is 2.56 bits per heavy atom. The Morgan fingerprint density at radius 2 is 1.88 bits per heavy atom. The summed E-state index contributed by atoms with van der Waals surface area (Å²) in [5.74, 6) is -0.793. The lowest BCUT2D eigenvalue weighted by atomic mass is 10.1. The van der Waals surface area contributed by atoms with Crippen molar-refractivity contribution in [3.63, 3.8) is 0 Å². The minimum Gasteiger partial charge on any atom is -0.368 e. The highest BCUT2D eigenvalue weighted by Gasteiger charge is 2.39. The summed E-state index contributed by atoms with van der Waals surface area (Å²) in [7, 11) is 0. The van der Waals surface area contributed by atoms with Crippen LogP contribution in [0.15, 0.2) is 0 Å². The number of carbonyl (C=O) groups is 3. The molecule has 2 aliphatic rings. The number of carbonyl (C=O) groups excluding carboxylic acids is 3. The van der Waals surface area contributed by atoms with Crippen LogP contribution >= 0.6 is 0 Å². The Labute approximate surface area is 93.3 Å². The summed E-state index contributed by atoms with van der Waals surface area (Å²) in [6, 6.07) is -0.650. The largest absolute Gasteiger partial charge is 0.368 e. The van der Waals surface area contributed by atoms with Crippen molar-refractivity contribution in [2.45, 2.75) is 38.1 Å². The van der Waals surface area contributed by atoms with Gasteiger partial charge in [-0.15, -0.1) is 0 Å². The lowest BCUT2D eigenvalue weighted by Crippen LogP contribution is -2.60. The summed E-state index contributed by atoms with van der Waals surface area (Å²) in [5.41, 5.74) is 5.26. The highest BCUT2D eigenvalue weighted by atomic mass is 16.2. The number of nitrogens with zero attached hydrogens (tertiary/aromatic N) is 2. The standard InChI is InChI=1S/C10H15N3O3/c11-10(16)7-3-2-6-12-8(14)4-1-5-9(15)13(7)12/h7H,1-6H2,(H2,11,16)/t7-/m0/s1. The van der Waals surface area contributed by atoms with Crippen molar-refractivity contribution in [2.75, 3.05) is 6.54 Å². The number of hydrazine groups is 1. The maximum Gasteiger partial charge on any atom is 0.242 e. The van der Waals surface area contributed by atoms with E-state index < -0.39 is 11.9 Å². The summed E-state index contributed by atoms with van der Waals surface area (Å²) >= 11 is 0. The molecular weight excluding hydrogens is 210 g/mol. The molecule has 0 aromatic rings. The molecule has 0 aliphatic carbocycles. The van der Waals surface area contributed by atoms with Crippen LogP contribution in [0.5, 0.6) is 0 Å². The molecule has 0 spiro atoms. The zero-order valence-corrected chi connectivity index (χ0v) is 9.02. The molecule has 2 saturated heterocycles. The second kappa shape index (κ2) is 4.11. The third-order valence-electron chi connectivity index (χ3n) is 3.06. The Hall–Kier alpha value is -1.59. The van der Waals surface area contributed by atoms with E-state index in [0.717, 1.165) is 0 Å². The van der Waals surface area contributed by atoms with Crippen molar-refractivity contribution in [2.24, 2.45) is 5.73 Å². The molecule has 0 radical (unpaired) electrons. The predicted molar refractivity (Wildman–Crippen MR) is 54.6 cm³/mol. The highest BCUT2D eigenvalue weighted by Crippen LogP contribution is 2.23. The van der Waals surface area contributed by atoms with Crippen molar-refractivity contribution < 1.29 is 14.4 Å². The zero-order chi connectivity index (χ0) is 11.7. The third-order valence-corrected chi connectivity index (χ3v) is 3.06. The van der Waals surface area contributed by atoms with Gasteiger partial charge in [-0.1, -0.05) is 0 Å². The topological polar surface area (TPSA) is 83.7 Å². The zero-order valence-electron chi connectivity index (χ0n) is 9.02. The number of primary amides is 1. The quantitative estimate of drug-likeness (QED) is 0.646. The Balaban J connectivity index is 2.30. The Bertz CT molecular complexity index is 342. The first-order chi connectivity index (χ1) is 7.61. The number of fused-ring (bicyclic) bond motifs is 1. The van der Waals surface area contributed by atoms with Crippen LogP contribution < -0.4 is 5.73 Å². The molecule has 1 atom stereocenters. The molecular formula is C10H15N3O3. The summed E-state index contributed by atoms with van der Waals surface area (Å²) in [5, 5.41) is 2.68. The molecule has 88 valence electrons. The van der Waals surface area contributed by atoms with Crippen LogP contribution in [0.2, 0.25) is 0 Å². The number of rotatable bonds is 1. The smallest absolute Gasteiger partial charge is 0.242 e. The average Bonchev–Trinajstić information content (AvgIpc) is 2.40. The van der Waals surface area contributed by atoms with E-state index in [-0.39, 0.29) is 11.8 Å². The Morgan fingerprint density at radius 1 is 1.19 bits per heavy atom. The van der Waals surface area contributed by atoms with Crippen LogP contribution in [0.4, 0.5) is 0 Å². The molecule has 0 aromatic carbocycles. The van der Waals surface area contributed by atoms with E-state index in [1.807, 2.05) is 0 Å². The predicted octanol–water partition coefficient (Wildman–Crippen LogP) is -0.610. The fraction of sp³-hybridized carbons (Fsp3) is 0.700. The van der Waals surface area contributed by atoms with Gasteiger partial charge in [-0.25, -0.2) is 5.01 Å². The van der Waals surface area contributed by atoms with Gasteiger partial charge in [0.1, 0.15) is 6.04 Å². The van der Waals surface area contributed by atoms with Gasteiger partial charge in [0.2, 0.25) is 17.7 Å². The van der Waals surface area contributed by atoms with Crippen LogP contribution in [-0.2, 0) is 14.4 Å². The van der Waals surface area contributed by atoms with Gasteiger partial charge in [-0.3, -0.25) is 19.4 Å². The molecule has 0 unspecified atom stereocenters. The van der Waals surface area contributed by atoms with Gasteiger partial charge in [0, 0.05) is 19.4 Å². The van der Waals surface area contributed by atoms with Crippen LogP contribution in [0, 0.1) is 0 Å². The van der Waals surface area contributed by atoms with Crippen molar-refractivity contribution >= 4 is 17.7 Å². The van der Waals surface area contributed by atoms with Gasteiger partial charge in [-0.05, 0) is 19.3 Å². The molecule has 3 amide bonds. The molecule has 2 fully saturated rings. The summed E-state index contributed by atoms with van der Waals surface area (Å²) in [6.45, 7) is 0.508. The molecule has 0 saturated carbocycles. The lowest BCUT2D eigenvalue weighted by molar-refractivity contribution is -0.174. The van der Waals surface area contributed by atoms with Gasteiger partial charge in [-0.2, -0.15) is 0 Å². The first-order valence-corrected chi connectivity index (χ1v) is 5.53. The van der Waals surface area contributed by atoms with E-state index >= 15 is 0 Å². The molecule has 6 heteroatoms. The van der Waals surface area contributed by atoms with Crippen molar-refractivity contribution in [1.29, 1.82) is 0 Å². The molecule has 0 aromatic heterocycles. The number of hydrogen-bond acceptors (Lipinski definition) is 3. The summed E-state index contributed by atoms with van der Waals surface area (Å²) < 4.78 is 0. The number of nitrogens with two attached hydrogens (primary N) is 1. The van der Waals surface area contributed by atoms with Crippen LogP contribution in [-0.4, -0.2) is 40.3 Å².